The van der Waals surface area contributed by atoms with Crippen LogP contribution in [-0.4, -0.2) is 16.4 Å². The van der Waals surface area contributed by atoms with Crippen molar-refractivity contribution in [1.82, 2.24) is 4.98 Å². The average molecular weight is 299 g/mol. The van der Waals surface area contributed by atoms with Crippen LogP contribution in [0.15, 0.2) is 29.7 Å². The Kier molecular flexibility index (Phi) is 8.85. The molecule has 0 aliphatic carbocycles. The number of nitrogens with zero attached hydrogens (tertiary/aromatic N) is 2. The predicted molar refractivity (Wildman–Crippen MR) is 45.3 cm³/mol. The van der Waals surface area contributed by atoms with E-state index in [4.69, 9.17) is 24.3 Å². The molecule has 0 unspecified atom stereocenters. The molecule has 1 N–H and O–H groups in total. The molecule has 70 valence electrons. The summed E-state index contributed by atoms with van der Waals surface area (Å²) in [6.45, 7) is 0. The first-order valence-corrected chi connectivity index (χ1v) is 6.75. The van der Waals surface area contributed by atoms with Gasteiger partial charge in [0.1, 0.15) is 0 Å². The van der Waals surface area contributed by atoms with Gasteiger partial charge in [0.05, 0.1) is 6.21 Å². The summed E-state index contributed by atoms with van der Waals surface area (Å²) < 4.78 is 0. The van der Waals surface area contributed by atoms with Crippen molar-refractivity contribution >= 4 is 25.3 Å². The molecule has 1 heterocycles. The van der Waals surface area contributed by atoms with Crippen molar-refractivity contribution in [2.45, 2.75) is 0 Å². The fraction of sp³-hybridized carbons (Fsp3) is 0. The van der Waals surface area contributed by atoms with Gasteiger partial charge in [0, 0.05) is 12.4 Å². The molecule has 1 aromatic rings. The number of hydrogen-bond acceptors (Lipinski definition) is 3. The second-order valence-corrected chi connectivity index (χ2v) is 3.93. The summed E-state index contributed by atoms with van der Waals surface area (Å²) >= 11 is -0.106. The van der Waals surface area contributed by atoms with E-state index in [-0.39, 0.29) is 15.9 Å². The van der Waals surface area contributed by atoms with Crippen LogP contribution in [0.4, 0.5) is 0 Å². The van der Waals surface area contributed by atoms with E-state index in [0.29, 0.717) is 0 Å². The topological polar surface area (TPSA) is 45.5 Å². The number of pyridine rings is 1. The van der Waals surface area contributed by atoms with Crippen molar-refractivity contribution in [3.63, 3.8) is 0 Å². The molecule has 0 atom stereocenters. The van der Waals surface area contributed by atoms with Gasteiger partial charge in [0.2, 0.25) is 0 Å². The van der Waals surface area contributed by atoms with Gasteiger partial charge in [-0.05, 0) is 17.7 Å². The van der Waals surface area contributed by atoms with Crippen molar-refractivity contribution in [1.29, 1.82) is 0 Å². The van der Waals surface area contributed by atoms with Gasteiger partial charge in [-0.2, -0.15) is 0 Å². The van der Waals surface area contributed by atoms with E-state index in [9.17, 15) is 0 Å². The van der Waals surface area contributed by atoms with Crippen molar-refractivity contribution < 1.29 is 21.1 Å². The Morgan fingerprint density at radius 1 is 1.42 bits per heavy atom. The van der Waals surface area contributed by atoms with Crippen LogP contribution in [-0.2, 0) is 15.9 Å². The van der Waals surface area contributed by atoms with Crippen LogP contribution in [0, 0.1) is 0 Å². The van der Waals surface area contributed by atoms with Gasteiger partial charge >= 0.3 is 35.0 Å². The molecule has 0 bridgehead atoms. The standard InChI is InChI=1S/C6H6N2O.2ClH.Pd/c9-8-5-6-1-3-7-4-2-6;;;/h1-5,9H;2*1H;/q;;;+2/p-2/b8-5+;;;. The van der Waals surface area contributed by atoms with Gasteiger partial charge < -0.3 is 5.21 Å². The van der Waals surface area contributed by atoms with Crippen LogP contribution in [0.3, 0.4) is 0 Å². The number of aromatic nitrogens is 1. The first kappa shape index (κ1) is 11.9. The number of halogens is 2. The van der Waals surface area contributed by atoms with Crippen LogP contribution < -0.4 is 0 Å². The first-order valence-electron chi connectivity index (χ1n) is 2.75. The Morgan fingerprint density at radius 2 is 1.92 bits per heavy atom. The van der Waals surface area contributed by atoms with E-state index in [1.54, 1.807) is 24.5 Å². The molecular formula is C6H6Cl2N2OPd. The molecule has 0 aromatic carbocycles. The van der Waals surface area contributed by atoms with Crippen LogP contribution >= 0.6 is 19.1 Å². The fourth-order valence-electron chi connectivity index (χ4n) is 0.516. The maximum atomic E-state index is 8.07. The molecule has 0 radical (unpaired) electrons. The van der Waals surface area contributed by atoms with Crippen LogP contribution in [0.1, 0.15) is 5.56 Å². The Morgan fingerprint density at radius 3 is 2.33 bits per heavy atom. The second kappa shape index (κ2) is 8.95. The summed E-state index contributed by atoms with van der Waals surface area (Å²) in [7, 11) is 9.63. The Labute approximate surface area is 86.5 Å². The molecule has 0 spiro atoms. The van der Waals surface area contributed by atoms with E-state index >= 15 is 0 Å². The molecule has 0 saturated heterocycles. The molecule has 0 aliphatic heterocycles. The molecular weight excluding hydrogens is 293 g/mol. The van der Waals surface area contributed by atoms with Gasteiger partial charge in [-0.15, -0.1) is 0 Å². The van der Waals surface area contributed by atoms with Crippen molar-refractivity contribution in [3.05, 3.63) is 30.1 Å². The van der Waals surface area contributed by atoms with Crippen molar-refractivity contribution in [2.24, 2.45) is 5.16 Å². The van der Waals surface area contributed by atoms with Gasteiger partial charge in [-0.1, -0.05) is 5.16 Å². The first-order chi connectivity index (χ1) is 5.85. The molecule has 6 heteroatoms. The summed E-state index contributed by atoms with van der Waals surface area (Å²) in [6, 6.07) is 3.50. The molecule has 3 nitrogen and oxygen atoms in total. The summed E-state index contributed by atoms with van der Waals surface area (Å²) in [5.74, 6) is 0. The summed E-state index contributed by atoms with van der Waals surface area (Å²) in [5, 5.41) is 10.9. The SMILES string of the molecule is O/N=C/c1ccncc1.[Cl][Pd][Cl]. The fourth-order valence-corrected chi connectivity index (χ4v) is 0.516. The molecule has 12 heavy (non-hydrogen) atoms. The third-order valence-corrected chi connectivity index (χ3v) is 0.913. The quantitative estimate of drug-likeness (QED) is 0.374. The Bertz CT molecular complexity index is 220. The third kappa shape index (κ3) is 6.56. The van der Waals surface area contributed by atoms with E-state index in [1.807, 2.05) is 0 Å². The molecule has 0 fully saturated rings. The molecule has 0 saturated carbocycles. The Hall–Kier alpha value is -0.138. The van der Waals surface area contributed by atoms with Crippen LogP contribution in [0.2, 0.25) is 0 Å². The van der Waals surface area contributed by atoms with E-state index in [0.717, 1.165) is 5.56 Å². The molecule has 1 rings (SSSR count). The summed E-state index contributed by atoms with van der Waals surface area (Å²) in [4.78, 5) is 3.78. The normalized spacial score (nSPS) is 9.50. The molecule has 0 amide bonds. The minimum absolute atomic E-state index is 0.106. The zero-order valence-electron chi connectivity index (χ0n) is 5.80. The zero-order valence-corrected chi connectivity index (χ0v) is 8.87. The van der Waals surface area contributed by atoms with Gasteiger partial charge in [0.15, 0.2) is 0 Å². The average Bonchev–Trinajstić information content (AvgIpc) is 2.08. The molecule has 1 aromatic heterocycles. The van der Waals surface area contributed by atoms with E-state index < -0.39 is 0 Å². The minimum atomic E-state index is -0.106. The second-order valence-electron chi connectivity index (χ2n) is 1.57. The maximum absolute atomic E-state index is 8.07. The van der Waals surface area contributed by atoms with Gasteiger partial charge in [-0.3, -0.25) is 4.98 Å². The third-order valence-electron chi connectivity index (χ3n) is 0.913. The van der Waals surface area contributed by atoms with Crippen LogP contribution in [0.25, 0.3) is 0 Å². The Balaban J connectivity index is 0.000000354. The zero-order chi connectivity index (χ0) is 9.23. The summed E-state index contributed by atoms with van der Waals surface area (Å²) in [6.07, 6.45) is 4.62. The van der Waals surface area contributed by atoms with Crippen molar-refractivity contribution in [2.75, 3.05) is 0 Å². The van der Waals surface area contributed by atoms with E-state index in [1.165, 1.54) is 6.21 Å². The summed E-state index contributed by atoms with van der Waals surface area (Å²) in [5.41, 5.74) is 0.840. The van der Waals surface area contributed by atoms with Crippen molar-refractivity contribution in [3.8, 4) is 0 Å². The monoisotopic (exact) mass is 298 g/mol. The van der Waals surface area contributed by atoms with E-state index in [2.05, 4.69) is 10.1 Å². The van der Waals surface area contributed by atoms with Crippen LogP contribution in [0.5, 0.6) is 0 Å². The predicted octanol–water partition coefficient (Wildman–Crippen LogP) is 2.27. The van der Waals surface area contributed by atoms with Gasteiger partial charge in [-0.25, -0.2) is 0 Å². The molecule has 0 aliphatic rings. The number of rotatable bonds is 1. The number of hydrogen-bond donors (Lipinski definition) is 1. The van der Waals surface area contributed by atoms with Gasteiger partial charge in [0.25, 0.3) is 0 Å². The number of oxime groups is 1.